The quantitative estimate of drug-likeness (QED) is 0.334. The largest absolute Gasteiger partial charge is 0.343 e. The summed E-state index contributed by atoms with van der Waals surface area (Å²) < 4.78 is 2.33. The third-order valence-corrected chi connectivity index (χ3v) is 6.58. The van der Waals surface area contributed by atoms with E-state index in [1.54, 1.807) is 7.11 Å². The highest BCUT2D eigenvalue weighted by atomic mass is 16.6. The van der Waals surface area contributed by atoms with Gasteiger partial charge < -0.3 is 9.40 Å². The molecule has 5 aromatic rings. The molecular weight excluding hydrogens is 380 g/mol. The molecule has 31 heavy (non-hydrogen) atoms. The summed E-state index contributed by atoms with van der Waals surface area (Å²) in [5, 5.41) is 5.21. The molecular formula is C28H28N2O. The molecule has 0 fully saturated rings. The zero-order chi connectivity index (χ0) is 21.7. The molecule has 0 bridgehead atoms. The molecule has 0 amide bonds. The van der Waals surface area contributed by atoms with E-state index in [0.717, 1.165) is 0 Å². The standard InChI is InChI=1S/C28H28N2O/c1-17-6-8-21(18(2)14-17)22-10-12-25-23(19(22)3)11-13-26-24-9-7-20(16-29-31-5)15-27(24)30(4)28(25)26/h6-15,29H,16H2,1-5H3. The van der Waals surface area contributed by atoms with Crippen LogP contribution in [0.15, 0.2) is 60.7 Å². The van der Waals surface area contributed by atoms with Gasteiger partial charge in [0.2, 0.25) is 0 Å². The molecule has 0 aliphatic carbocycles. The maximum atomic E-state index is 5.02. The van der Waals surface area contributed by atoms with E-state index in [2.05, 4.69) is 98.5 Å². The molecule has 0 aliphatic rings. The fraction of sp³-hybridized carbons (Fsp3) is 0.214. The first kappa shape index (κ1) is 19.8. The maximum absolute atomic E-state index is 5.02. The first-order chi connectivity index (χ1) is 15.0. The van der Waals surface area contributed by atoms with Gasteiger partial charge in [-0.15, -0.1) is 0 Å². The smallest absolute Gasteiger partial charge is 0.0572 e. The Hall–Kier alpha value is -3.14. The third kappa shape index (κ3) is 3.13. The number of aromatic nitrogens is 1. The van der Waals surface area contributed by atoms with Crippen LogP contribution in [0.4, 0.5) is 0 Å². The maximum Gasteiger partial charge on any atom is 0.0572 e. The fourth-order valence-electron chi connectivity index (χ4n) is 5.00. The van der Waals surface area contributed by atoms with E-state index in [0.29, 0.717) is 6.54 Å². The molecule has 0 radical (unpaired) electrons. The predicted octanol–water partition coefficient (Wildman–Crippen LogP) is 6.73. The van der Waals surface area contributed by atoms with Crippen molar-refractivity contribution in [2.45, 2.75) is 27.3 Å². The SMILES string of the molecule is CONCc1ccc2c3ccc4c(C)c(-c5ccc(C)cc5C)ccc4c3n(C)c2c1. The van der Waals surface area contributed by atoms with E-state index >= 15 is 0 Å². The Kier molecular flexibility index (Phi) is 4.81. The average Bonchev–Trinajstić information content (AvgIpc) is 3.05. The third-order valence-electron chi connectivity index (χ3n) is 6.58. The lowest BCUT2D eigenvalue weighted by molar-refractivity contribution is 0.0867. The topological polar surface area (TPSA) is 26.2 Å². The van der Waals surface area contributed by atoms with Crippen LogP contribution < -0.4 is 5.48 Å². The summed E-state index contributed by atoms with van der Waals surface area (Å²) in [4.78, 5) is 5.02. The summed E-state index contributed by atoms with van der Waals surface area (Å²) in [5.74, 6) is 0. The summed E-state index contributed by atoms with van der Waals surface area (Å²) >= 11 is 0. The van der Waals surface area contributed by atoms with Crippen molar-refractivity contribution >= 4 is 32.6 Å². The van der Waals surface area contributed by atoms with Crippen molar-refractivity contribution in [1.29, 1.82) is 0 Å². The highest BCUT2D eigenvalue weighted by Gasteiger charge is 2.15. The van der Waals surface area contributed by atoms with E-state index in [1.807, 2.05) is 0 Å². The van der Waals surface area contributed by atoms with Gasteiger partial charge in [0.1, 0.15) is 0 Å². The first-order valence-corrected chi connectivity index (χ1v) is 10.8. The molecule has 0 saturated heterocycles. The lowest BCUT2D eigenvalue weighted by Crippen LogP contribution is -2.10. The van der Waals surface area contributed by atoms with Crippen molar-refractivity contribution in [3.05, 3.63) is 82.9 Å². The van der Waals surface area contributed by atoms with Crippen LogP contribution in [0.5, 0.6) is 0 Å². The van der Waals surface area contributed by atoms with Crippen molar-refractivity contribution < 1.29 is 4.84 Å². The number of rotatable bonds is 4. The van der Waals surface area contributed by atoms with Gasteiger partial charge in [0.15, 0.2) is 0 Å². The number of hydrogen-bond acceptors (Lipinski definition) is 2. The van der Waals surface area contributed by atoms with Crippen LogP contribution in [-0.4, -0.2) is 11.7 Å². The van der Waals surface area contributed by atoms with Crippen molar-refractivity contribution in [2.75, 3.05) is 7.11 Å². The first-order valence-electron chi connectivity index (χ1n) is 10.8. The van der Waals surface area contributed by atoms with E-state index in [4.69, 9.17) is 4.84 Å². The van der Waals surface area contributed by atoms with Gasteiger partial charge in [-0.25, -0.2) is 0 Å². The second-order valence-corrected chi connectivity index (χ2v) is 8.55. The fourth-order valence-corrected chi connectivity index (χ4v) is 5.00. The Bertz CT molecular complexity index is 1460. The summed E-state index contributed by atoms with van der Waals surface area (Å²) in [6.45, 7) is 7.29. The Morgan fingerprint density at radius 3 is 2.23 bits per heavy atom. The van der Waals surface area contributed by atoms with Crippen LogP contribution in [-0.2, 0) is 18.4 Å². The molecule has 0 saturated carbocycles. The monoisotopic (exact) mass is 408 g/mol. The van der Waals surface area contributed by atoms with Crippen molar-refractivity contribution in [2.24, 2.45) is 7.05 Å². The lowest BCUT2D eigenvalue weighted by atomic mass is 9.91. The molecule has 0 aliphatic heterocycles. The summed E-state index contributed by atoms with van der Waals surface area (Å²) in [6, 6.07) is 22.5. The Morgan fingerprint density at radius 2 is 1.45 bits per heavy atom. The van der Waals surface area contributed by atoms with Gasteiger partial charge in [0.25, 0.3) is 0 Å². The molecule has 0 unspecified atom stereocenters. The zero-order valence-corrected chi connectivity index (χ0v) is 18.8. The van der Waals surface area contributed by atoms with Crippen molar-refractivity contribution in [3.8, 4) is 11.1 Å². The summed E-state index contributed by atoms with van der Waals surface area (Å²) in [5.41, 5.74) is 13.3. The highest BCUT2D eigenvalue weighted by Crippen LogP contribution is 2.38. The number of hydrogen-bond donors (Lipinski definition) is 1. The summed E-state index contributed by atoms with van der Waals surface area (Å²) in [6.07, 6.45) is 0. The number of fused-ring (bicyclic) bond motifs is 5. The molecule has 0 spiro atoms. The van der Waals surface area contributed by atoms with Crippen LogP contribution in [0, 0.1) is 20.8 Å². The number of aryl methyl sites for hydroxylation is 4. The Morgan fingerprint density at radius 1 is 0.774 bits per heavy atom. The van der Waals surface area contributed by atoms with Gasteiger partial charge in [-0.1, -0.05) is 60.2 Å². The minimum absolute atomic E-state index is 0.688. The van der Waals surface area contributed by atoms with Gasteiger partial charge in [-0.05, 0) is 60.0 Å². The average molecular weight is 409 g/mol. The van der Waals surface area contributed by atoms with Crippen molar-refractivity contribution in [3.63, 3.8) is 0 Å². The number of hydroxylamine groups is 1. The van der Waals surface area contributed by atoms with Gasteiger partial charge >= 0.3 is 0 Å². The number of nitrogens with zero attached hydrogens (tertiary/aromatic N) is 1. The highest BCUT2D eigenvalue weighted by molar-refractivity contribution is 6.18. The predicted molar refractivity (Wildman–Crippen MR) is 131 cm³/mol. The van der Waals surface area contributed by atoms with Crippen LogP contribution in [0.2, 0.25) is 0 Å². The van der Waals surface area contributed by atoms with Crippen LogP contribution in [0.1, 0.15) is 22.3 Å². The zero-order valence-electron chi connectivity index (χ0n) is 18.8. The molecule has 3 heteroatoms. The lowest BCUT2D eigenvalue weighted by Gasteiger charge is -2.14. The van der Waals surface area contributed by atoms with Crippen molar-refractivity contribution in [1.82, 2.24) is 10.0 Å². The van der Waals surface area contributed by atoms with Crippen LogP contribution in [0.3, 0.4) is 0 Å². The molecule has 1 heterocycles. The molecule has 0 atom stereocenters. The van der Waals surface area contributed by atoms with E-state index in [9.17, 15) is 0 Å². The van der Waals surface area contributed by atoms with Gasteiger partial charge in [0.05, 0.1) is 12.6 Å². The molecule has 4 aromatic carbocycles. The molecule has 1 aromatic heterocycles. The van der Waals surface area contributed by atoms with Gasteiger partial charge in [0, 0.05) is 35.3 Å². The normalized spacial score (nSPS) is 11.8. The Balaban J connectivity index is 1.75. The van der Waals surface area contributed by atoms with E-state index in [-0.39, 0.29) is 0 Å². The number of nitrogens with one attached hydrogen (secondary N) is 1. The molecule has 1 N–H and O–H groups in total. The van der Waals surface area contributed by atoms with E-state index < -0.39 is 0 Å². The van der Waals surface area contributed by atoms with Crippen LogP contribution in [0.25, 0.3) is 43.7 Å². The second-order valence-electron chi connectivity index (χ2n) is 8.55. The van der Waals surface area contributed by atoms with E-state index in [1.165, 1.54) is 66.0 Å². The minimum Gasteiger partial charge on any atom is -0.343 e. The summed E-state index contributed by atoms with van der Waals surface area (Å²) in [7, 11) is 3.82. The minimum atomic E-state index is 0.688. The second kappa shape index (κ2) is 7.52. The van der Waals surface area contributed by atoms with Gasteiger partial charge in [-0.2, -0.15) is 5.48 Å². The number of benzene rings is 4. The molecule has 3 nitrogen and oxygen atoms in total. The molecule has 5 rings (SSSR count). The van der Waals surface area contributed by atoms with Gasteiger partial charge in [-0.3, -0.25) is 0 Å². The Labute approximate surface area is 183 Å². The molecule has 156 valence electrons. The van der Waals surface area contributed by atoms with Crippen LogP contribution >= 0.6 is 0 Å².